The Hall–Kier alpha value is -2.01. The predicted octanol–water partition coefficient (Wildman–Crippen LogP) is -3.78. The lowest BCUT2D eigenvalue weighted by atomic mass is 9.94. The fourth-order valence-corrected chi connectivity index (χ4v) is 4.60. The number of aliphatic imine (C=N–C) groups is 1. The zero-order valence-electron chi connectivity index (χ0n) is 19.1. The molecule has 0 saturated carbocycles. The second-order valence-electron chi connectivity index (χ2n) is 9.29. The Morgan fingerprint density at radius 1 is 1.21 bits per heavy atom. The third kappa shape index (κ3) is 4.14. The van der Waals surface area contributed by atoms with E-state index in [1.165, 1.54) is 19.2 Å². The average molecular weight is 490 g/mol. The molecule has 3 amide bonds. The number of nitrogens with zero attached hydrogens (tertiary/aromatic N) is 2. The summed E-state index contributed by atoms with van der Waals surface area (Å²) in [6.07, 6.45) is -8.20. The van der Waals surface area contributed by atoms with Gasteiger partial charge in [-0.15, -0.1) is 0 Å². The van der Waals surface area contributed by atoms with E-state index < -0.39 is 84.3 Å². The van der Waals surface area contributed by atoms with Gasteiger partial charge in [-0.1, -0.05) is 13.8 Å². The van der Waals surface area contributed by atoms with Crippen LogP contribution in [0.2, 0.25) is 0 Å². The number of nitrogens with one attached hydrogen (secondary N) is 1. The molecule has 0 spiro atoms. The molecule has 2 fully saturated rings. The van der Waals surface area contributed by atoms with Crippen molar-refractivity contribution >= 4 is 17.8 Å². The average Bonchev–Trinajstić information content (AvgIpc) is 3.19. The standard InChI is InChI=1S/C20H32N4O10/c1-8(2)12(16(21)30)22-11-4-5-24(19(31)23-11,17-14(28)13(27)9(6-25)33-17)18-20(3,32)15(29)10(7-26)34-18/h4-5,8-10,12-15,17-18,25-29,32H,6-7H2,1-3H3,(H2-,21,22,23,30,31)/p+1/t9-,10-,12?,13-,14-,15-,17-,18?,20-,24?/m1/s1. The highest BCUT2D eigenvalue weighted by molar-refractivity contribution is 6.05. The van der Waals surface area contributed by atoms with Gasteiger partial charge in [0.15, 0.2) is 11.7 Å². The number of amidine groups is 1. The first-order valence-corrected chi connectivity index (χ1v) is 10.9. The summed E-state index contributed by atoms with van der Waals surface area (Å²) in [5.74, 6) is -1.04. The van der Waals surface area contributed by atoms with Gasteiger partial charge in [0.1, 0.15) is 42.5 Å². The largest absolute Gasteiger partial charge is 0.431 e. The van der Waals surface area contributed by atoms with Gasteiger partial charge >= 0.3 is 6.03 Å². The Balaban J connectivity index is 2.13. The Morgan fingerprint density at radius 3 is 2.26 bits per heavy atom. The number of urea groups is 1. The lowest BCUT2D eigenvalue weighted by Gasteiger charge is -2.45. The maximum atomic E-state index is 13.6. The van der Waals surface area contributed by atoms with Gasteiger partial charge in [-0.05, 0) is 12.8 Å². The van der Waals surface area contributed by atoms with E-state index in [2.05, 4.69) is 10.3 Å². The Kier molecular flexibility index (Phi) is 7.48. The van der Waals surface area contributed by atoms with Gasteiger partial charge in [0.2, 0.25) is 18.4 Å². The van der Waals surface area contributed by atoms with Crippen molar-refractivity contribution in [3.63, 3.8) is 0 Å². The van der Waals surface area contributed by atoms with Crippen LogP contribution in [-0.2, 0) is 14.3 Å². The molecule has 3 rings (SSSR count). The zero-order chi connectivity index (χ0) is 25.6. The van der Waals surface area contributed by atoms with Crippen LogP contribution in [0.4, 0.5) is 4.79 Å². The van der Waals surface area contributed by atoms with Gasteiger partial charge in [0.05, 0.1) is 13.2 Å². The van der Waals surface area contributed by atoms with Crippen LogP contribution in [0.1, 0.15) is 20.8 Å². The number of hydrogen-bond acceptors (Lipinski definition) is 11. The molecule has 0 aromatic rings. The summed E-state index contributed by atoms with van der Waals surface area (Å²) in [4.78, 5) is 29.5. The van der Waals surface area contributed by atoms with Crippen molar-refractivity contribution in [2.45, 2.75) is 75.4 Å². The molecule has 9 N–H and O–H groups in total. The topological polar surface area (TPSA) is 224 Å². The molecular formula is C20H33N4O10+. The summed E-state index contributed by atoms with van der Waals surface area (Å²) in [5, 5.41) is 64.2. The van der Waals surface area contributed by atoms with E-state index in [1.807, 2.05) is 0 Å². The minimum absolute atomic E-state index is 0.0418. The third-order valence-electron chi connectivity index (χ3n) is 6.53. The highest BCUT2D eigenvalue weighted by Gasteiger charge is 2.70. The fourth-order valence-electron chi connectivity index (χ4n) is 4.60. The van der Waals surface area contributed by atoms with Gasteiger partial charge in [-0.2, -0.15) is 4.48 Å². The number of amides is 3. The first-order chi connectivity index (χ1) is 15.8. The van der Waals surface area contributed by atoms with Crippen molar-refractivity contribution in [2.24, 2.45) is 16.6 Å². The molecule has 34 heavy (non-hydrogen) atoms. The van der Waals surface area contributed by atoms with E-state index >= 15 is 0 Å². The molecule has 192 valence electrons. The molecule has 3 aliphatic rings. The van der Waals surface area contributed by atoms with Crippen LogP contribution in [0.15, 0.2) is 17.3 Å². The lowest BCUT2D eigenvalue weighted by Crippen LogP contribution is -2.73. The molecule has 0 aliphatic carbocycles. The zero-order valence-corrected chi connectivity index (χ0v) is 19.1. The Morgan fingerprint density at radius 2 is 1.82 bits per heavy atom. The van der Waals surface area contributed by atoms with Crippen LogP contribution >= 0.6 is 0 Å². The van der Waals surface area contributed by atoms with Crippen molar-refractivity contribution in [3.8, 4) is 0 Å². The van der Waals surface area contributed by atoms with Crippen molar-refractivity contribution in [1.29, 1.82) is 0 Å². The first kappa shape index (κ1) is 26.6. The van der Waals surface area contributed by atoms with E-state index in [1.54, 1.807) is 13.8 Å². The molecule has 0 aromatic carbocycles. The molecule has 0 aromatic heterocycles. The van der Waals surface area contributed by atoms with Gasteiger partial charge in [-0.25, -0.2) is 4.79 Å². The summed E-state index contributed by atoms with van der Waals surface area (Å²) >= 11 is 0. The third-order valence-corrected chi connectivity index (χ3v) is 6.53. The molecule has 3 aliphatic heterocycles. The number of hydrogen-bond donors (Lipinski definition) is 8. The van der Waals surface area contributed by atoms with Crippen molar-refractivity contribution in [2.75, 3.05) is 13.2 Å². The quantitative estimate of drug-likeness (QED) is 0.163. The van der Waals surface area contributed by atoms with Gasteiger partial charge in [-0.3, -0.25) is 15.1 Å². The van der Waals surface area contributed by atoms with E-state index in [0.717, 1.165) is 0 Å². The van der Waals surface area contributed by atoms with Crippen LogP contribution < -0.4 is 11.1 Å². The summed E-state index contributed by atoms with van der Waals surface area (Å²) < 4.78 is 10.2. The van der Waals surface area contributed by atoms with Gasteiger partial charge in [0, 0.05) is 6.08 Å². The lowest BCUT2D eigenvalue weighted by molar-refractivity contribution is -0.907. The highest BCUT2D eigenvalue weighted by Crippen LogP contribution is 2.43. The molecule has 10 atom stereocenters. The molecule has 14 heteroatoms. The summed E-state index contributed by atoms with van der Waals surface area (Å²) in [6.45, 7) is 3.26. The number of nitrogens with two attached hydrogens (primary N) is 1. The van der Waals surface area contributed by atoms with Crippen molar-refractivity contribution in [1.82, 2.24) is 5.32 Å². The SMILES string of the molecule is CC(C)C(N=C1C=C[N+](C2O[C@H](CO)[C@@H](O)[C@@]2(C)O)([C@@H]2O[C@H](CO)[C@@H](O)[C@H]2O)C(=O)N1)C(N)=O. The van der Waals surface area contributed by atoms with Gasteiger partial charge in [0.25, 0.3) is 0 Å². The second-order valence-corrected chi connectivity index (χ2v) is 9.29. The van der Waals surface area contributed by atoms with Crippen molar-refractivity contribution in [3.05, 3.63) is 12.3 Å². The summed E-state index contributed by atoms with van der Waals surface area (Å²) in [6, 6.07) is -1.90. The smallest absolute Gasteiger partial charge is 0.394 e. The monoisotopic (exact) mass is 489 g/mol. The van der Waals surface area contributed by atoms with Crippen LogP contribution in [0.5, 0.6) is 0 Å². The number of ether oxygens (including phenoxy) is 2. The van der Waals surface area contributed by atoms with Crippen LogP contribution in [0.25, 0.3) is 0 Å². The number of aliphatic hydroxyl groups is 6. The number of aliphatic hydroxyl groups excluding tert-OH is 5. The summed E-state index contributed by atoms with van der Waals surface area (Å²) in [5.41, 5.74) is 3.26. The van der Waals surface area contributed by atoms with Crippen LogP contribution in [-0.4, -0.2) is 121 Å². The second kappa shape index (κ2) is 9.56. The molecule has 3 heterocycles. The Labute approximate surface area is 195 Å². The van der Waals surface area contributed by atoms with E-state index in [0.29, 0.717) is 0 Å². The molecule has 0 bridgehead atoms. The van der Waals surface area contributed by atoms with E-state index in [4.69, 9.17) is 15.2 Å². The normalized spacial score (nSPS) is 44.6. The van der Waals surface area contributed by atoms with E-state index in [-0.39, 0.29) is 11.8 Å². The Bertz CT molecular complexity index is 864. The maximum absolute atomic E-state index is 13.6. The number of rotatable bonds is 7. The minimum Gasteiger partial charge on any atom is -0.394 e. The fraction of sp³-hybridized carbons (Fsp3) is 0.750. The number of carbonyl (C=O) groups is 2. The number of carbonyl (C=O) groups excluding carboxylic acids is 2. The van der Waals surface area contributed by atoms with Gasteiger partial charge < -0.3 is 45.8 Å². The predicted molar refractivity (Wildman–Crippen MR) is 113 cm³/mol. The molecule has 3 unspecified atom stereocenters. The molecule has 14 nitrogen and oxygen atoms in total. The van der Waals surface area contributed by atoms with Crippen LogP contribution in [0.3, 0.4) is 0 Å². The summed E-state index contributed by atoms with van der Waals surface area (Å²) in [7, 11) is 0. The molecule has 0 radical (unpaired) electrons. The maximum Gasteiger partial charge on any atom is 0.431 e. The number of quaternary nitrogens is 1. The van der Waals surface area contributed by atoms with Crippen molar-refractivity contribution < 1.29 is 54.2 Å². The number of primary amides is 1. The molecule has 2 saturated heterocycles. The van der Waals surface area contributed by atoms with E-state index in [9.17, 15) is 40.2 Å². The van der Waals surface area contributed by atoms with Crippen LogP contribution in [0, 0.1) is 5.92 Å². The molecular weight excluding hydrogens is 456 g/mol. The highest BCUT2D eigenvalue weighted by atomic mass is 16.6. The first-order valence-electron chi connectivity index (χ1n) is 10.9. The minimum atomic E-state index is -2.14.